The predicted octanol–water partition coefficient (Wildman–Crippen LogP) is 4.79. The van der Waals surface area contributed by atoms with E-state index in [-0.39, 0.29) is 17.5 Å². The molecule has 1 atom stereocenters. The summed E-state index contributed by atoms with van der Waals surface area (Å²) in [5, 5.41) is 5.40. The average molecular weight is 334 g/mol. The fourth-order valence-electron chi connectivity index (χ4n) is 2.49. The number of hydrogen-bond acceptors (Lipinski definition) is 2. The quantitative estimate of drug-likeness (QED) is 0.826. The Kier molecular flexibility index (Phi) is 5.73. The fourth-order valence-corrected chi connectivity index (χ4v) is 2.49. The monoisotopic (exact) mass is 334 g/mol. The van der Waals surface area contributed by atoms with E-state index in [9.17, 15) is 13.6 Å². The molecule has 2 N–H and O–H groups in total. The van der Waals surface area contributed by atoms with Crippen LogP contribution < -0.4 is 15.4 Å². The second-order valence-corrected chi connectivity index (χ2v) is 5.50. The third kappa shape index (κ3) is 4.44. The van der Waals surface area contributed by atoms with Gasteiger partial charge in [-0.2, -0.15) is 8.78 Å². The lowest BCUT2D eigenvalue weighted by Crippen LogP contribution is -2.32. The van der Waals surface area contributed by atoms with Crippen molar-refractivity contribution in [3.8, 4) is 5.75 Å². The summed E-state index contributed by atoms with van der Waals surface area (Å²) in [6.07, 6.45) is 0. The molecule has 2 aromatic rings. The van der Waals surface area contributed by atoms with Crippen molar-refractivity contribution in [3.05, 3.63) is 59.2 Å². The van der Waals surface area contributed by atoms with Crippen molar-refractivity contribution in [2.45, 2.75) is 33.4 Å². The molecule has 2 aromatic carbocycles. The van der Waals surface area contributed by atoms with E-state index in [1.54, 1.807) is 19.1 Å². The van der Waals surface area contributed by atoms with E-state index in [1.807, 2.05) is 38.1 Å². The highest BCUT2D eigenvalue weighted by molar-refractivity contribution is 5.92. The maximum absolute atomic E-state index is 12.5. The first kappa shape index (κ1) is 17.7. The molecule has 2 rings (SSSR count). The van der Waals surface area contributed by atoms with Crippen LogP contribution in [0.2, 0.25) is 0 Å². The summed E-state index contributed by atoms with van der Waals surface area (Å²) in [5.74, 6) is -0.0660. The van der Waals surface area contributed by atoms with Crippen LogP contribution in [0.5, 0.6) is 5.75 Å². The van der Waals surface area contributed by atoms with E-state index in [0.29, 0.717) is 5.56 Å². The molecule has 6 heteroatoms. The molecule has 0 fully saturated rings. The topological polar surface area (TPSA) is 50.4 Å². The van der Waals surface area contributed by atoms with Gasteiger partial charge in [0.15, 0.2) is 0 Å². The number of para-hydroxylation sites is 1. The Morgan fingerprint density at radius 1 is 1.04 bits per heavy atom. The molecule has 1 unspecified atom stereocenters. The van der Waals surface area contributed by atoms with Crippen LogP contribution in [0.25, 0.3) is 0 Å². The molecule has 24 heavy (non-hydrogen) atoms. The van der Waals surface area contributed by atoms with Gasteiger partial charge in [-0.15, -0.1) is 0 Å². The van der Waals surface area contributed by atoms with Gasteiger partial charge >= 0.3 is 12.6 Å². The van der Waals surface area contributed by atoms with Crippen molar-refractivity contribution in [1.29, 1.82) is 0 Å². The van der Waals surface area contributed by atoms with Crippen molar-refractivity contribution < 1.29 is 18.3 Å². The van der Waals surface area contributed by atoms with Crippen molar-refractivity contribution in [1.82, 2.24) is 5.32 Å². The number of hydrogen-bond donors (Lipinski definition) is 2. The molecule has 0 aliphatic carbocycles. The standard InChI is InChI=1S/C18H20F2N2O2/c1-11-7-4-5-9-14(11)13(3)21-18(23)22-16-12(2)8-6-10-15(16)24-17(19)20/h4-10,13,17H,1-3H3,(H2,21,22,23). The number of nitrogens with one attached hydrogen (secondary N) is 2. The molecule has 0 heterocycles. The third-order valence-corrected chi connectivity index (χ3v) is 3.69. The summed E-state index contributed by atoms with van der Waals surface area (Å²) >= 11 is 0. The normalized spacial score (nSPS) is 11.9. The number of urea groups is 1. The number of carbonyl (C=O) groups is 1. The van der Waals surface area contributed by atoms with E-state index in [2.05, 4.69) is 15.4 Å². The molecule has 0 spiro atoms. The molecule has 0 radical (unpaired) electrons. The zero-order chi connectivity index (χ0) is 17.7. The zero-order valence-electron chi connectivity index (χ0n) is 13.8. The highest BCUT2D eigenvalue weighted by Gasteiger charge is 2.16. The Hall–Kier alpha value is -2.63. The summed E-state index contributed by atoms with van der Waals surface area (Å²) in [6, 6.07) is 11.7. The van der Waals surface area contributed by atoms with E-state index >= 15 is 0 Å². The number of anilines is 1. The first-order valence-electron chi connectivity index (χ1n) is 7.56. The van der Waals surface area contributed by atoms with Crippen molar-refractivity contribution in [2.75, 3.05) is 5.32 Å². The van der Waals surface area contributed by atoms with Gasteiger partial charge in [-0.1, -0.05) is 36.4 Å². The number of carbonyl (C=O) groups excluding carboxylic acids is 1. The Labute approximate surface area is 139 Å². The van der Waals surface area contributed by atoms with E-state index in [4.69, 9.17) is 0 Å². The maximum Gasteiger partial charge on any atom is 0.387 e. The van der Waals surface area contributed by atoms with Crippen LogP contribution >= 0.6 is 0 Å². The summed E-state index contributed by atoms with van der Waals surface area (Å²) in [7, 11) is 0. The molecule has 0 saturated heterocycles. The number of ether oxygens (including phenoxy) is 1. The molecular formula is C18H20F2N2O2. The number of aryl methyl sites for hydroxylation is 2. The number of rotatable bonds is 5. The van der Waals surface area contributed by atoms with Crippen LogP contribution in [0.4, 0.5) is 19.3 Å². The van der Waals surface area contributed by atoms with Crippen molar-refractivity contribution >= 4 is 11.7 Å². The Balaban J connectivity index is 2.11. The van der Waals surface area contributed by atoms with Gasteiger partial charge < -0.3 is 15.4 Å². The number of alkyl halides is 2. The Morgan fingerprint density at radius 2 is 1.71 bits per heavy atom. The molecular weight excluding hydrogens is 314 g/mol. The molecule has 2 amide bonds. The molecule has 0 bridgehead atoms. The first-order chi connectivity index (χ1) is 11.4. The van der Waals surface area contributed by atoms with Crippen LogP contribution in [-0.2, 0) is 0 Å². The summed E-state index contributed by atoms with van der Waals surface area (Å²) in [6.45, 7) is 2.57. The lowest BCUT2D eigenvalue weighted by atomic mass is 10.0. The molecule has 4 nitrogen and oxygen atoms in total. The molecule has 0 aliphatic heterocycles. The Bertz CT molecular complexity index is 720. The minimum Gasteiger partial charge on any atom is -0.433 e. The zero-order valence-corrected chi connectivity index (χ0v) is 13.8. The van der Waals surface area contributed by atoms with Gasteiger partial charge in [0.1, 0.15) is 5.75 Å². The highest BCUT2D eigenvalue weighted by Crippen LogP contribution is 2.29. The molecule has 128 valence electrons. The van der Waals surface area contributed by atoms with Gasteiger partial charge in [0.25, 0.3) is 0 Å². The van der Waals surface area contributed by atoms with Gasteiger partial charge in [0, 0.05) is 0 Å². The average Bonchev–Trinajstić information content (AvgIpc) is 2.50. The van der Waals surface area contributed by atoms with Gasteiger partial charge in [-0.05, 0) is 43.5 Å². The minimum absolute atomic E-state index is 0.0660. The maximum atomic E-state index is 12.5. The molecule has 0 aliphatic rings. The number of amides is 2. The fraction of sp³-hybridized carbons (Fsp3) is 0.278. The van der Waals surface area contributed by atoms with Gasteiger partial charge in [0.2, 0.25) is 0 Å². The second-order valence-electron chi connectivity index (χ2n) is 5.50. The summed E-state index contributed by atoms with van der Waals surface area (Å²) in [4.78, 5) is 12.2. The van der Waals surface area contributed by atoms with E-state index in [1.165, 1.54) is 6.07 Å². The van der Waals surface area contributed by atoms with Crippen LogP contribution in [0.15, 0.2) is 42.5 Å². The lowest BCUT2D eigenvalue weighted by molar-refractivity contribution is -0.0493. The Morgan fingerprint density at radius 3 is 2.38 bits per heavy atom. The van der Waals surface area contributed by atoms with Crippen molar-refractivity contribution in [3.63, 3.8) is 0 Å². The van der Waals surface area contributed by atoms with Crippen LogP contribution in [-0.4, -0.2) is 12.6 Å². The largest absolute Gasteiger partial charge is 0.433 e. The van der Waals surface area contributed by atoms with Crippen LogP contribution in [0.3, 0.4) is 0 Å². The molecule has 0 aromatic heterocycles. The smallest absolute Gasteiger partial charge is 0.387 e. The third-order valence-electron chi connectivity index (χ3n) is 3.69. The van der Waals surface area contributed by atoms with Gasteiger partial charge in [0.05, 0.1) is 11.7 Å². The highest BCUT2D eigenvalue weighted by atomic mass is 19.3. The first-order valence-corrected chi connectivity index (χ1v) is 7.56. The minimum atomic E-state index is -2.96. The number of halogens is 2. The number of benzene rings is 2. The SMILES string of the molecule is Cc1ccccc1C(C)NC(=O)Nc1c(C)cccc1OC(F)F. The summed E-state index contributed by atoms with van der Waals surface area (Å²) < 4.78 is 29.4. The second kappa shape index (κ2) is 7.77. The molecule has 0 saturated carbocycles. The summed E-state index contributed by atoms with van der Waals surface area (Å²) in [5.41, 5.74) is 2.91. The lowest BCUT2D eigenvalue weighted by Gasteiger charge is -2.19. The van der Waals surface area contributed by atoms with Gasteiger partial charge in [-0.3, -0.25) is 0 Å². The van der Waals surface area contributed by atoms with Gasteiger partial charge in [-0.25, -0.2) is 4.79 Å². The van der Waals surface area contributed by atoms with Crippen LogP contribution in [0.1, 0.15) is 29.7 Å². The predicted molar refractivity (Wildman–Crippen MR) is 89.6 cm³/mol. The van der Waals surface area contributed by atoms with Crippen molar-refractivity contribution in [2.24, 2.45) is 0 Å². The van der Waals surface area contributed by atoms with E-state index < -0.39 is 12.6 Å². The van der Waals surface area contributed by atoms with Crippen LogP contribution in [0, 0.1) is 13.8 Å². The van der Waals surface area contributed by atoms with E-state index in [0.717, 1.165) is 11.1 Å².